The van der Waals surface area contributed by atoms with E-state index in [1.54, 1.807) is 0 Å². The number of hydrogen-bond donors (Lipinski definition) is 0. The Morgan fingerprint density at radius 1 is 1.04 bits per heavy atom. The number of para-hydroxylation sites is 2. The zero-order valence-corrected chi connectivity index (χ0v) is 14.9. The Balaban J connectivity index is 1.44. The third kappa shape index (κ3) is 3.20. The topological polar surface area (TPSA) is 51.2 Å². The van der Waals surface area contributed by atoms with Crippen LogP contribution in [0.5, 0.6) is 11.5 Å². The maximum atomic E-state index is 13.1. The lowest BCUT2D eigenvalue weighted by atomic mass is 10.0. The van der Waals surface area contributed by atoms with Crippen molar-refractivity contribution in [2.24, 2.45) is 5.92 Å². The Morgan fingerprint density at radius 3 is 2.44 bits per heavy atom. The van der Waals surface area contributed by atoms with E-state index in [0.29, 0.717) is 23.5 Å². The third-order valence-electron chi connectivity index (χ3n) is 5.48. The van der Waals surface area contributed by atoms with E-state index in [1.807, 2.05) is 36.1 Å². The van der Waals surface area contributed by atoms with E-state index in [-0.39, 0.29) is 12.0 Å². The molecule has 6 nitrogen and oxygen atoms in total. The minimum atomic E-state index is -0.578. The number of carbonyl (C=O) groups is 1. The Hall–Kier alpha value is -1.79. The van der Waals surface area contributed by atoms with E-state index in [0.717, 1.165) is 39.4 Å². The standard InChI is InChI=1S/C19H26N2O4/c1-13-11-21(12-15(13)20-7-9-23-10-8-20)19(22)18-14(2)24-16-5-3-4-6-17(16)25-18/h3-6,13-15,18H,7-12H2,1-2H3/t13-,14-,15+,18-/m1/s1. The van der Waals surface area contributed by atoms with Gasteiger partial charge < -0.3 is 19.1 Å². The predicted molar refractivity (Wildman–Crippen MR) is 92.9 cm³/mol. The van der Waals surface area contributed by atoms with Gasteiger partial charge in [0.1, 0.15) is 6.10 Å². The molecule has 0 spiro atoms. The first-order valence-corrected chi connectivity index (χ1v) is 9.16. The smallest absolute Gasteiger partial charge is 0.267 e. The summed E-state index contributed by atoms with van der Waals surface area (Å²) in [5.74, 6) is 1.84. The SMILES string of the molecule is C[C@@H]1CN(C(=O)[C@@H]2Oc3ccccc3O[C@@H]2C)C[C@@H]1N1CCOCC1. The van der Waals surface area contributed by atoms with E-state index < -0.39 is 6.10 Å². The van der Waals surface area contributed by atoms with Crippen molar-refractivity contribution in [3.05, 3.63) is 24.3 Å². The van der Waals surface area contributed by atoms with Gasteiger partial charge in [0.2, 0.25) is 6.10 Å². The summed E-state index contributed by atoms with van der Waals surface area (Å²) in [4.78, 5) is 17.5. The van der Waals surface area contributed by atoms with Crippen molar-refractivity contribution in [1.82, 2.24) is 9.80 Å². The van der Waals surface area contributed by atoms with E-state index in [1.165, 1.54) is 0 Å². The van der Waals surface area contributed by atoms with Crippen LogP contribution in [0.1, 0.15) is 13.8 Å². The number of carbonyl (C=O) groups excluding carboxylic acids is 1. The van der Waals surface area contributed by atoms with Crippen LogP contribution in [0.25, 0.3) is 0 Å². The van der Waals surface area contributed by atoms with Gasteiger partial charge in [-0.25, -0.2) is 0 Å². The van der Waals surface area contributed by atoms with Crippen molar-refractivity contribution in [2.75, 3.05) is 39.4 Å². The van der Waals surface area contributed by atoms with Gasteiger partial charge >= 0.3 is 0 Å². The number of nitrogens with zero attached hydrogens (tertiary/aromatic N) is 2. The van der Waals surface area contributed by atoms with Crippen LogP contribution in [0.4, 0.5) is 0 Å². The normalized spacial score (nSPS) is 32.6. The van der Waals surface area contributed by atoms with Crippen LogP contribution in [0, 0.1) is 5.92 Å². The highest BCUT2D eigenvalue weighted by atomic mass is 16.6. The number of hydrogen-bond acceptors (Lipinski definition) is 5. The van der Waals surface area contributed by atoms with Crippen LogP contribution in [0.2, 0.25) is 0 Å². The summed E-state index contributed by atoms with van der Waals surface area (Å²) in [6, 6.07) is 7.93. The average Bonchev–Trinajstić information content (AvgIpc) is 3.03. The number of amides is 1. The second-order valence-electron chi connectivity index (χ2n) is 7.24. The molecule has 0 saturated carbocycles. The molecule has 4 rings (SSSR count). The van der Waals surface area contributed by atoms with Gasteiger partial charge in [-0.05, 0) is 25.0 Å². The monoisotopic (exact) mass is 346 g/mol. The Labute approximate surface area is 148 Å². The van der Waals surface area contributed by atoms with Crippen LogP contribution >= 0.6 is 0 Å². The van der Waals surface area contributed by atoms with Gasteiger partial charge in [0.05, 0.1) is 13.2 Å². The molecule has 3 heterocycles. The van der Waals surface area contributed by atoms with Crippen LogP contribution < -0.4 is 9.47 Å². The molecule has 3 aliphatic rings. The number of benzene rings is 1. The van der Waals surface area contributed by atoms with Crippen molar-refractivity contribution in [2.45, 2.75) is 32.1 Å². The van der Waals surface area contributed by atoms with E-state index in [2.05, 4.69) is 11.8 Å². The zero-order valence-electron chi connectivity index (χ0n) is 14.9. The van der Waals surface area contributed by atoms with Gasteiger partial charge in [-0.3, -0.25) is 9.69 Å². The summed E-state index contributed by atoms with van der Waals surface area (Å²) < 4.78 is 17.3. The Bertz CT molecular complexity index is 632. The molecule has 0 N–H and O–H groups in total. The molecule has 0 aliphatic carbocycles. The number of morpholine rings is 1. The molecule has 2 saturated heterocycles. The minimum absolute atomic E-state index is 0.0320. The van der Waals surface area contributed by atoms with Crippen LogP contribution in [-0.4, -0.2) is 73.3 Å². The molecular formula is C19H26N2O4. The summed E-state index contributed by atoms with van der Waals surface area (Å²) in [5.41, 5.74) is 0. The van der Waals surface area contributed by atoms with Crippen LogP contribution in [0.3, 0.4) is 0 Å². The van der Waals surface area contributed by atoms with E-state index >= 15 is 0 Å². The van der Waals surface area contributed by atoms with Crippen molar-refractivity contribution in [3.63, 3.8) is 0 Å². The summed E-state index contributed by atoms with van der Waals surface area (Å²) >= 11 is 0. The van der Waals surface area contributed by atoms with Crippen molar-refractivity contribution >= 4 is 5.91 Å². The summed E-state index contributed by atoms with van der Waals surface area (Å²) in [5, 5.41) is 0. The summed E-state index contributed by atoms with van der Waals surface area (Å²) in [7, 11) is 0. The molecule has 4 atom stereocenters. The predicted octanol–water partition coefficient (Wildman–Crippen LogP) is 1.39. The van der Waals surface area contributed by atoms with Gasteiger partial charge in [0.25, 0.3) is 5.91 Å². The van der Waals surface area contributed by atoms with Crippen molar-refractivity contribution in [1.29, 1.82) is 0 Å². The van der Waals surface area contributed by atoms with Crippen molar-refractivity contribution < 1.29 is 19.0 Å². The highest BCUT2D eigenvalue weighted by molar-refractivity contribution is 5.82. The highest BCUT2D eigenvalue weighted by Gasteiger charge is 2.42. The minimum Gasteiger partial charge on any atom is -0.482 e. The molecule has 1 aromatic rings. The second kappa shape index (κ2) is 6.84. The van der Waals surface area contributed by atoms with E-state index in [4.69, 9.17) is 14.2 Å². The Morgan fingerprint density at radius 2 is 1.72 bits per heavy atom. The van der Waals surface area contributed by atoms with Crippen LogP contribution in [-0.2, 0) is 9.53 Å². The highest BCUT2D eigenvalue weighted by Crippen LogP contribution is 2.34. The number of rotatable bonds is 2. The molecule has 25 heavy (non-hydrogen) atoms. The molecule has 0 aromatic heterocycles. The molecule has 3 aliphatic heterocycles. The average molecular weight is 346 g/mol. The Kier molecular flexibility index (Phi) is 4.56. The lowest BCUT2D eigenvalue weighted by Gasteiger charge is -2.35. The first kappa shape index (κ1) is 16.7. The molecule has 1 amide bonds. The summed E-state index contributed by atoms with van der Waals surface area (Å²) in [6.45, 7) is 9.12. The fourth-order valence-electron chi connectivity index (χ4n) is 4.08. The molecular weight excluding hydrogens is 320 g/mol. The molecule has 0 radical (unpaired) electrons. The quantitative estimate of drug-likeness (QED) is 0.810. The molecule has 6 heteroatoms. The van der Waals surface area contributed by atoms with Gasteiger partial charge in [-0.2, -0.15) is 0 Å². The molecule has 1 aromatic carbocycles. The maximum Gasteiger partial charge on any atom is 0.267 e. The zero-order chi connectivity index (χ0) is 17.4. The number of fused-ring (bicyclic) bond motifs is 1. The van der Waals surface area contributed by atoms with Crippen LogP contribution in [0.15, 0.2) is 24.3 Å². The molecule has 136 valence electrons. The number of likely N-dealkylation sites (tertiary alicyclic amines) is 1. The lowest BCUT2D eigenvalue weighted by molar-refractivity contribution is -0.143. The van der Waals surface area contributed by atoms with Gasteiger partial charge in [-0.1, -0.05) is 19.1 Å². The third-order valence-corrected chi connectivity index (χ3v) is 5.48. The van der Waals surface area contributed by atoms with Gasteiger partial charge in [-0.15, -0.1) is 0 Å². The fourth-order valence-corrected chi connectivity index (χ4v) is 4.08. The fraction of sp³-hybridized carbons (Fsp3) is 0.632. The molecule has 2 fully saturated rings. The van der Waals surface area contributed by atoms with E-state index in [9.17, 15) is 4.79 Å². The van der Waals surface area contributed by atoms with Gasteiger partial charge in [0, 0.05) is 32.2 Å². The lowest BCUT2D eigenvalue weighted by Crippen LogP contribution is -2.51. The first-order valence-electron chi connectivity index (χ1n) is 9.16. The number of ether oxygens (including phenoxy) is 3. The van der Waals surface area contributed by atoms with Gasteiger partial charge in [0.15, 0.2) is 11.5 Å². The molecule has 0 bridgehead atoms. The summed E-state index contributed by atoms with van der Waals surface area (Å²) in [6.07, 6.45) is -0.870. The molecule has 0 unspecified atom stereocenters. The maximum absolute atomic E-state index is 13.1. The largest absolute Gasteiger partial charge is 0.482 e. The first-order chi connectivity index (χ1) is 12.1. The second-order valence-corrected chi connectivity index (χ2v) is 7.24. The van der Waals surface area contributed by atoms with Crippen molar-refractivity contribution in [3.8, 4) is 11.5 Å².